The molecule has 0 spiro atoms. The van der Waals surface area contributed by atoms with Gasteiger partial charge in [-0.15, -0.1) is 0 Å². The van der Waals surface area contributed by atoms with Crippen LogP contribution in [0.25, 0.3) is 33.4 Å². The Labute approximate surface area is 162 Å². The van der Waals surface area contributed by atoms with Crippen LogP contribution >= 0.6 is 0 Å². The third-order valence-corrected chi connectivity index (χ3v) is 5.21. The molecule has 28 heavy (non-hydrogen) atoms. The third-order valence-electron chi connectivity index (χ3n) is 5.21. The number of hydrogen-bond acceptors (Lipinski definition) is 3. The lowest BCUT2D eigenvalue weighted by molar-refractivity contribution is 0.627. The van der Waals surface area contributed by atoms with Gasteiger partial charge < -0.3 is 9.88 Å². The molecule has 4 aromatic rings. The zero-order valence-electron chi connectivity index (χ0n) is 15.6. The molecule has 3 heterocycles. The first-order valence-electron chi connectivity index (χ1n) is 9.37. The zero-order valence-corrected chi connectivity index (χ0v) is 15.6. The summed E-state index contributed by atoms with van der Waals surface area (Å²) < 4.78 is 15.5. The number of nitrogens with zero attached hydrogens (tertiary/aromatic N) is 4. The molecule has 6 heteroatoms. The number of nitrogens with one attached hydrogen (secondary N) is 1. The predicted octanol–water partition coefficient (Wildman–Crippen LogP) is 3.94. The van der Waals surface area contributed by atoms with Crippen LogP contribution in [-0.2, 0) is 7.05 Å². The van der Waals surface area contributed by atoms with E-state index in [1.807, 2.05) is 19.2 Å². The van der Waals surface area contributed by atoms with Crippen LogP contribution < -0.4 is 5.32 Å². The Kier molecular flexibility index (Phi) is 4.06. The average molecular weight is 373 g/mol. The summed E-state index contributed by atoms with van der Waals surface area (Å²) >= 11 is 0. The van der Waals surface area contributed by atoms with Crippen LogP contribution in [0.2, 0.25) is 0 Å². The molecule has 0 radical (unpaired) electrons. The summed E-state index contributed by atoms with van der Waals surface area (Å²) in [6.45, 7) is 1.85. The Morgan fingerprint density at radius 1 is 1.11 bits per heavy atom. The molecule has 1 aliphatic heterocycles. The minimum atomic E-state index is -0.230. The standard InChI is InChI=1S/C22H20FN5/c1-27-25-13-21(26-27)16-2-7-22-19(12-16)20(15-8-10-24-11-9-15)14-28(22)18-5-3-17(23)4-6-18/h2-8,12-14,24H,9-11H2,1H3. The van der Waals surface area contributed by atoms with Crippen LogP contribution in [0.4, 0.5) is 4.39 Å². The maximum Gasteiger partial charge on any atom is 0.123 e. The van der Waals surface area contributed by atoms with E-state index in [1.165, 1.54) is 28.7 Å². The van der Waals surface area contributed by atoms with Gasteiger partial charge >= 0.3 is 0 Å². The second-order valence-electron chi connectivity index (χ2n) is 7.02. The molecule has 0 amide bonds. The van der Waals surface area contributed by atoms with E-state index in [1.54, 1.807) is 11.0 Å². The van der Waals surface area contributed by atoms with Crippen LogP contribution in [0.5, 0.6) is 0 Å². The third kappa shape index (κ3) is 2.92. The highest BCUT2D eigenvalue weighted by Gasteiger charge is 2.16. The summed E-state index contributed by atoms with van der Waals surface area (Å²) in [5.41, 5.74) is 6.47. The van der Waals surface area contributed by atoms with Crippen LogP contribution in [0.3, 0.4) is 0 Å². The van der Waals surface area contributed by atoms with Crippen molar-refractivity contribution >= 4 is 16.5 Å². The van der Waals surface area contributed by atoms with Gasteiger partial charge in [0.1, 0.15) is 11.5 Å². The van der Waals surface area contributed by atoms with Gasteiger partial charge in [-0.1, -0.05) is 12.1 Å². The second-order valence-corrected chi connectivity index (χ2v) is 7.02. The number of fused-ring (bicyclic) bond motifs is 1. The molecular weight excluding hydrogens is 353 g/mol. The molecule has 0 unspecified atom stereocenters. The maximum absolute atomic E-state index is 13.4. The number of benzene rings is 2. The number of aromatic nitrogens is 4. The molecule has 0 saturated carbocycles. The van der Waals surface area contributed by atoms with Crippen molar-refractivity contribution in [3.05, 3.63) is 72.3 Å². The van der Waals surface area contributed by atoms with Crippen molar-refractivity contribution in [3.63, 3.8) is 0 Å². The molecule has 0 atom stereocenters. The van der Waals surface area contributed by atoms with Gasteiger partial charge in [-0.3, -0.25) is 0 Å². The highest BCUT2D eigenvalue weighted by atomic mass is 19.1. The molecule has 1 aliphatic rings. The Morgan fingerprint density at radius 2 is 1.96 bits per heavy atom. The van der Waals surface area contributed by atoms with Crippen molar-refractivity contribution in [1.29, 1.82) is 0 Å². The lowest BCUT2D eigenvalue weighted by Gasteiger charge is -2.13. The molecule has 1 N–H and O–H groups in total. The quantitative estimate of drug-likeness (QED) is 0.592. The Balaban J connectivity index is 1.72. The number of halogens is 1. The van der Waals surface area contributed by atoms with Crippen molar-refractivity contribution in [2.75, 3.05) is 13.1 Å². The molecule has 0 bridgehead atoms. The fourth-order valence-electron chi connectivity index (χ4n) is 3.81. The minimum absolute atomic E-state index is 0.230. The molecule has 5 nitrogen and oxygen atoms in total. The van der Waals surface area contributed by atoms with Gasteiger partial charge in [0.05, 0.1) is 11.7 Å². The average Bonchev–Trinajstić information content (AvgIpc) is 3.33. The smallest absolute Gasteiger partial charge is 0.123 e. The lowest BCUT2D eigenvalue weighted by Crippen LogP contribution is -2.19. The summed E-state index contributed by atoms with van der Waals surface area (Å²) in [6, 6.07) is 13.0. The van der Waals surface area contributed by atoms with Gasteiger partial charge in [0.25, 0.3) is 0 Å². The monoisotopic (exact) mass is 373 g/mol. The molecule has 0 aliphatic carbocycles. The lowest BCUT2D eigenvalue weighted by atomic mass is 9.98. The van der Waals surface area contributed by atoms with E-state index in [9.17, 15) is 4.39 Å². The summed E-state index contributed by atoms with van der Waals surface area (Å²) in [6.07, 6.45) is 7.18. The van der Waals surface area contributed by atoms with Gasteiger partial charge in [0.15, 0.2) is 0 Å². The van der Waals surface area contributed by atoms with Crippen molar-refractivity contribution in [3.8, 4) is 16.9 Å². The molecule has 2 aromatic heterocycles. The number of rotatable bonds is 3. The summed E-state index contributed by atoms with van der Waals surface area (Å²) in [5.74, 6) is -0.230. The van der Waals surface area contributed by atoms with Crippen molar-refractivity contribution in [2.45, 2.75) is 6.42 Å². The van der Waals surface area contributed by atoms with E-state index >= 15 is 0 Å². The maximum atomic E-state index is 13.4. The SMILES string of the molecule is Cn1ncc(-c2ccc3c(c2)c(C2=CCNCC2)cn3-c2ccc(F)cc2)n1. The van der Waals surface area contributed by atoms with E-state index in [-0.39, 0.29) is 5.82 Å². The van der Waals surface area contributed by atoms with Gasteiger partial charge in [-0.25, -0.2) is 4.39 Å². The van der Waals surface area contributed by atoms with Crippen LogP contribution in [0, 0.1) is 5.82 Å². The highest BCUT2D eigenvalue weighted by molar-refractivity contribution is 5.96. The Morgan fingerprint density at radius 3 is 2.68 bits per heavy atom. The van der Waals surface area contributed by atoms with Crippen molar-refractivity contribution in [1.82, 2.24) is 24.9 Å². The van der Waals surface area contributed by atoms with Crippen LogP contribution in [0.1, 0.15) is 12.0 Å². The molecule has 0 fully saturated rings. The largest absolute Gasteiger partial charge is 0.316 e. The fourth-order valence-corrected chi connectivity index (χ4v) is 3.81. The zero-order chi connectivity index (χ0) is 19.1. The predicted molar refractivity (Wildman–Crippen MR) is 109 cm³/mol. The van der Waals surface area contributed by atoms with E-state index in [4.69, 9.17) is 0 Å². The first-order valence-corrected chi connectivity index (χ1v) is 9.37. The summed E-state index contributed by atoms with van der Waals surface area (Å²) in [4.78, 5) is 1.57. The molecule has 0 saturated heterocycles. The summed E-state index contributed by atoms with van der Waals surface area (Å²) in [5, 5.41) is 13.2. The van der Waals surface area contributed by atoms with Gasteiger partial charge in [0, 0.05) is 42.0 Å². The van der Waals surface area contributed by atoms with Gasteiger partial charge in [0.2, 0.25) is 0 Å². The highest BCUT2D eigenvalue weighted by Crippen LogP contribution is 2.34. The molecule has 140 valence electrons. The van der Waals surface area contributed by atoms with E-state index in [0.717, 1.165) is 42.0 Å². The molecule has 5 rings (SSSR count). The van der Waals surface area contributed by atoms with E-state index in [0.29, 0.717) is 0 Å². The first-order chi connectivity index (χ1) is 13.7. The molecular formula is C22H20FN5. The first kappa shape index (κ1) is 16.9. The van der Waals surface area contributed by atoms with Gasteiger partial charge in [-0.05, 0) is 54.9 Å². The van der Waals surface area contributed by atoms with Crippen LogP contribution in [0.15, 0.2) is 60.9 Å². The normalized spacial score (nSPS) is 14.4. The molecule has 2 aromatic carbocycles. The van der Waals surface area contributed by atoms with Crippen LogP contribution in [-0.4, -0.2) is 32.7 Å². The van der Waals surface area contributed by atoms with Gasteiger partial charge in [-0.2, -0.15) is 15.0 Å². The topological polar surface area (TPSA) is 47.7 Å². The van der Waals surface area contributed by atoms with Crippen molar-refractivity contribution < 1.29 is 4.39 Å². The Bertz CT molecular complexity index is 1180. The van der Waals surface area contributed by atoms with Crippen molar-refractivity contribution in [2.24, 2.45) is 7.05 Å². The second kappa shape index (κ2) is 6.73. The number of hydrogen-bond donors (Lipinski definition) is 1. The van der Waals surface area contributed by atoms with E-state index in [2.05, 4.69) is 50.6 Å². The Hall–Kier alpha value is -3.25. The van der Waals surface area contributed by atoms with E-state index < -0.39 is 0 Å². The fraction of sp³-hybridized carbons (Fsp3) is 0.182. The minimum Gasteiger partial charge on any atom is -0.316 e. The number of aryl methyl sites for hydroxylation is 1. The summed E-state index contributed by atoms with van der Waals surface area (Å²) in [7, 11) is 1.82.